The van der Waals surface area contributed by atoms with Crippen LogP contribution in [0.2, 0.25) is 0 Å². The highest BCUT2D eigenvalue weighted by atomic mass is 19.4. The molecule has 0 bridgehead atoms. The predicted octanol–water partition coefficient (Wildman–Crippen LogP) is 2.45. The van der Waals surface area contributed by atoms with E-state index < -0.39 is 35.0 Å². The Balaban J connectivity index is 3.50. The van der Waals surface area contributed by atoms with Gasteiger partial charge in [0.1, 0.15) is 0 Å². The van der Waals surface area contributed by atoms with Crippen molar-refractivity contribution in [2.45, 2.75) is 31.2 Å². The first-order chi connectivity index (χ1) is 8.16. The third-order valence-corrected chi connectivity index (χ3v) is 2.77. The molecule has 0 saturated heterocycles. The molecule has 1 aromatic rings. The van der Waals surface area contributed by atoms with Crippen LogP contribution in [-0.2, 0) is 5.60 Å². The average Bonchev–Trinajstić information content (AvgIpc) is 2.29. The van der Waals surface area contributed by atoms with E-state index in [1.54, 1.807) is 0 Å². The van der Waals surface area contributed by atoms with E-state index >= 15 is 0 Å². The van der Waals surface area contributed by atoms with Crippen LogP contribution in [-0.4, -0.2) is 17.3 Å². The second kappa shape index (κ2) is 4.81. The molecule has 0 fully saturated rings. The highest BCUT2D eigenvalue weighted by Crippen LogP contribution is 2.43. The van der Waals surface area contributed by atoms with Crippen LogP contribution < -0.4 is 5.73 Å². The Morgan fingerprint density at radius 3 is 2.28 bits per heavy atom. The fourth-order valence-electron chi connectivity index (χ4n) is 1.66. The van der Waals surface area contributed by atoms with Crippen molar-refractivity contribution in [3.05, 3.63) is 35.4 Å². The van der Waals surface area contributed by atoms with E-state index in [0.29, 0.717) is 12.1 Å². The van der Waals surface area contributed by atoms with Gasteiger partial charge in [0.25, 0.3) is 0 Å². The topological polar surface area (TPSA) is 46.2 Å². The summed E-state index contributed by atoms with van der Waals surface area (Å²) in [7, 11) is 0. The van der Waals surface area contributed by atoms with Gasteiger partial charge in [-0.1, -0.05) is 19.1 Å². The van der Waals surface area contributed by atoms with Crippen LogP contribution in [0.4, 0.5) is 22.0 Å². The second-order valence-corrected chi connectivity index (χ2v) is 3.88. The van der Waals surface area contributed by atoms with Crippen molar-refractivity contribution in [3.8, 4) is 0 Å². The van der Waals surface area contributed by atoms with E-state index in [-0.39, 0.29) is 6.42 Å². The summed E-state index contributed by atoms with van der Waals surface area (Å²) in [5, 5.41) is 9.74. The first-order valence-corrected chi connectivity index (χ1v) is 5.15. The third-order valence-electron chi connectivity index (χ3n) is 2.77. The lowest BCUT2D eigenvalue weighted by Gasteiger charge is -2.35. The van der Waals surface area contributed by atoms with Crippen molar-refractivity contribution in [1.82, 2.24) is 0 Å². The molecule has 0 aromatic heterocycles. The minimum Gasteiger partial charge on any atom is -0.375 e. The predicted molar refractivity (Wildman–Crippen MR) is 54.6 cm³/mol. The number of aliphatic hydroxyl groups is 1. The molecule has 0 spiro atoms. The number of rotatable bonds is 3. The molecule has 18 heavy (non-hydrogen) atoms. The first kappa shape index (κ1) is 14.8. The number of hydrogen-bond donors (Lipinski definition) is 2. The maximum atomic E-state index is 13.4. The fourth-order valence-corrected chi connectivity index (χ4v) is 1.66. The van der Waals surface area contributed by atoms with Crippen LogP contribution >= 0.6 is 0 Å². The summed E-state index contributed by atoms with van der Waals surface area (Å²) in [5.74, 6) is -3.22. The van der Waals surface area contributed by atoms with Gasteiger partial charge in [-0.25, -0.2) is 8.78 Å². The maximum Gasteiger partial charge on any atom is 0.423 e. The molecule has 0 heterocycles. The molecule has 2 atom stereocenters. The van der Waals surface area contributed by atoms with Crippen LogP contribution in [0.3, 0.4) is 0 Å². The van der Waals surface area contributed by atoms with Crippen molar-refractivity contribution in [1.29, 1.82) is 0 Å². The number of alkyl halides is 3. The lowest BCUT2D eigenvalue weighted by Crippen LogP contribution is -2.55. The Morgan fingerprint density at radius 1 is 1.28 bits per heavy atom. The molecule has 3 N–H and O–H groups in total. The van der Waals surface area contributed by atoms with Crippen LogP contribution in [0.5, 0.6) is 0 Å². The number of halogens is 5. The van der Waals surface area contributed by atoms with Gasteiger partial charge in [0.15, 0.2) is 11.6 Å². The monoisotopic (exact) mass is 269 g/mol. The van der Waals surface area contributed by atoms with Gasteiger partial charge in [-0.05, 0) is 12.5 Å². The summed E-state index contributed by atoms with van der Waals surface area (Å²) in [6.45, 7) is 1.30. The molecule has 102 valence electrons. The Bertz CT molecular complexity index is 434. The van der Waals surface area contributed by atoms with Crippen molar-refractivity contribution in [2.24, 2.45) is 5.73 Å². The van der Waals surface area contributed by atoms with Gasteiger partial charge in [-0.3, -0.25) is 0 Å². The molecular formula is C11H12F5NO. The lowest BCUT2D eigenvalue weighted by atomic mass is 9.84. The largest absolute Gasteiger partial charge is 0.423 e. The molecule has 0 saturated carbocycles. The zero-order valence-electron chi connectivity index (χ0n) is 9.43. The fraction of sp³-hybridized carbons (Fsp3) is 0.455. The summed E-state index contributed by atoms with van der Waals surface area (Å²) in [4.78, 5) is 0. The van der Waals surface area contributed by atoms with E-state index in [2.05, 4.69) is 0 Å². The Hall–Kier alpha value is -1.21. The normalized spacial score (nSPS) is 17.3. The summed E-state index contributed by atoms with van der Waals surface area (Å²) in [6, 6.07) is 0.412. The number of hydrogen-bond acceptors (Lipinski definition) is 2. The molecule has 1 aromatic carbocycles. The average molecular weight is 269 g/mol. The summed E-state index contributed by atoms with van der Waals surface area (Å²) in [5.41, 5.74) is 0.408. The number of benzene rings is 1. The highest BCUT2D eigenvalue weighted by Gasteiger charge is 2.59. The molecular weight excluding hydrogens is 257 g/mol. The van der Waals surface area contributed by atoms with Gasteiger partial charge in [-0.15, -0.1) is 0 Å². The first-order valence-electron chi connectivity index (χ1n) is 5.15. The third kappa shape index (κ3) is 2.20. The van der Waals surface area contributed by atoms with Gasteiger partial charge in [0.05, 0.1) is 0 Å². The van der Waals surface area contributed by atoms with Crippen molar-refractivity contribution >= 4 is 0 Å². The van der Waals surface area contributed by atoms with Crippen LogP contribution in [0, 0.1) is 11.6 Å². The molecule has 7 heteroatoms. The highest BCUT2D eigenvalue weighted by molar-refractivity contribution is 5.29. The molecule has 1 rings (SSSR count). The van der Waals surface area contributed by atoms with Gasteiger partial charge < -0.3 is 10.8 Å². The van der Waals surface area contributed by atoms with E-state index in [1.807, 2.05) is 0 Å². The van der Waals surface area contributed by atoms with Gasteiger partial charge in [0.2, 0.25) is 5.60 Å². The summed E-state index contributed by atoms with van der Waals surface area (Å²) in [6.07, 6.45) is -5.47. The smallest absolute Gasteiger partial charge is 0.375 e. The lowest BCUT2D eigenvalue weighted by molar-refractivity contribution is -0.275. The SMILES string of the molecule is CCC(N)C(O)(c1cccc(F)c1F)C(F)(F)F. The second-order valence-electron chi connectivity index (χ2n) is 3.88. The Morgan fingerprint density at radius 2 is 1.83 bits per heavy atom. The van der Waals surface area contributed by atoms with Crippen LogP contribution in [0.1, 0.15) is 18.9 Å². The minimum atomic E-state index is -5.21. The molecule has 0 amide bonds. The Kier molecular flexibility index (Phi) is 3.97. The minimum absolute atomic E-state index is 0.258. The molecule has 0 radical (unpaired) electrons. The summed E-state index contributed by atoms with van der Waals surface area (Å²) >= 11 is 0. The van der Waals surface area contributed by atoms with Gasteiger partial charge in [0, 0.05) is 11.6 Å². The Labute approximate surface area is 100 Å². The van der Waals surface area contributed by atoms with Crippen molar-refractivity contribution in [2.75, 3.05) is 0 Å². The standard InChI is InChI=1S/C11H12F5NO/c1-2-8(17)10(18,11(14,15)16)6-4-3-5-7(12)9(6)13/h3-5,8,18H,2,17H2,1H3. The molecule has 0 aliphatic heterocycles. The molecule has 0 aliphatic carbocycles. The van der Waals surface area contributed by atoms with E-state index in [0.717, 1.165) is 6.07 Å². The zero-order chi connectivity index (χ0) is 14.1. The molecule has 2 nitrogen and oxygen atoms in total. The quantitative estimate of drug-likeness (QED) is 0.828. The van der Waals surface area contributed by atoms with Crippen molar-refractivity contribution < 1.29 is 27.1 Å². The summed E-state index contributed by atoms with van der Waals surface area (Å²) < 4.78 is 65.2. The van der Waals surface area contributed by atoms with E-state index in [1.165, 1.54) is 6.92 Å². The maximum absolute atomic E-state index is 13.4. The van der Waals surface area contributed by atoms with Gasteiger partial charge in [-0.2, -0.15) is 13.2 Å². The van der Waals surface area contributed by atoms with Crippen LogP contribution in [0.25, 0.3) is 0 Å². The van der Waals surface area contributed by atoms with Gasteiger partial charge >= 0.3 is 6.18 Å². The van der Waals surface area contributed by atoms with Crippen LogP contribution in [0.15, 0.2) is 18.2 Å². The molecule has 0 aliphatic rings. The zero-order valence-corrected chi connectivity index (χ0v) is 9.43. The molecule has 2 unspecified atom stereocenters. The van der Waals surface area contributed by atoms with E-state index in [4.69, 9.17) is 5.73 Å². The number of nitrogens with two attached hydrogens (primary N) is 1. The van der Waals surface area contributed by atoms with Crippen molar-refractivity contribution in [3.63, 3.8) is 0 Å². The van der Waals surface area contributed by atoms with E-state index in [9.17, 15) is 27.1 Å².